The van der Waals surface area contributed by atoms with Crippen molar-refractivity contribution in [3.8, 4) is 0 Å². The minimum atomic E-state index is -0.449. The Bertz CT molecular complexity index is 450. The quantitative estimate of drug-likeness (QED) is 0.875. The number of rotatable bonds is 3. The summed E-state index contributed by atoms with van der Waals surface area (Å²) in [6, 6.07) is 5.74. The monoisotopic (exact) mass is 267 g/mol. The predicted molar refractivity (Wildman–Crippen MR) is 74.3 cm³/mol. The highest BCUT2D eigenvalue weighted by Crippen LogP contribution is 2.29. The summed E-state index contributed by atoms with van der Waals surface area (Å²) < 4.78 is 0. The number of benzene rings is 1. The van der Waals surface area contributed by atoms with Crippen LogP contribution < -0.4 is 16.0 Å². The summed E-state index contributed by atoms with van der Waals surface area (Å²) in [6.07, 6.45) is 2.32. The van der Waals surface area contributed by atoms with E-state index in [4.69, 9.17) is 17.3 Å². The zero-order chi connectivity index (χ0) is 13.1. The van der Waals surface area contributed by atoms with Crippen molar-refractivity contribution in [1.82, 2.24) is 5.32 Å². The maximum Gasteiger partial charge on any atom is 0.248 e. The maximum absolute atomic E-state index is 11.1. The molecule has 1 heterocycles. The van der Waals surface area contributed by atoms with Gasteiger partial charge in [0, 0.05) is 24.7 Å². The lowest BCUT2D eigenvalue weighted by Gasteiger charge is -2.34. The summed E-state index contributed by atoms with van der Waals surface area (Å²) in [5.41, 5.74) is 6.66. The fourth-order valence-electron chi connectivity index (χ4n) is 2.35. The average Bonchev–Trinajstić information content (AvgIpc) is 2.38. The van der Waals surface area contributed by atoms with Gasteiger partial charge >= 0.3 is 0 Å². The fraction of sp³-hybridized carbons (Fsp3) is 0.462. The van der Waals surface area contributed by atoms with Crippen LogP contribution in [0, 0.1) is 0 Å². The van der Waals surface area contributed by atoms with Gasteiger partial charge in [-0.05, 0) is 38.1 Å². The lowest BCUT2D eigenvalue weighted by atomic mass is 10.0. The normalized spacial score (nSPS) is 19.9. The van der Waals surface area contributed by atoms with Crippen molar-refractivity contribution in [2.75, 3.05) is 25.0 Å². The molecule has 4 nitrogen and oxygen atoms in total. The number of hydrogen-bond acceptors (Lipinski definition) is 3. The SMILES string of the molecule is CNC1CCCN(c2ccc(C(N)=O)cc2Cl)C1. The first-order valence-corrected chi connectivity index (χ1v) is 6.51. The van der Waals surface area contributed by atoms with Crippen LogP contribution in [0.25, 0.3) is 0 Å². The average molecular weight is 268 g/mol. The molecule has 1 unspecified atom stereocenters. The first-order chi connectivity index (χ1) is 8.61. The molecule has 0 saturated carbocycles. The van der Waals surface area contributed by atoms with Gasteiger partial charge < -0.3 is 16.0 Å². The summed E-state index contributed by atoms with van der Waals surface area (Å²) >= 11 is 6.23. The Balaban J connectivity index is 2.20. The van der Waals surface area contributed by atoms with E-state index in [1.54, 1.807) is 12.1 Å². The smallest absolute Gasteiger partial charge is 0.248 e. The zero-order valence-electron chi connectivity index (χ0n) is 10.4. The van der Waals surface area contributed by atoms with Crippen molar-refractivity contribution < 1.29 is 4.79 Å². The van der Waals surface area contributed by atoms with E-state index < -0.39 is 5.91 Å². The van der Waals surface area contributed by atoms with Gasteiger partial charge in [-0.1, -0.05) is 11.6 Å². The van der Waals surface area contributed by atoms with Crippen LogP contribution in [0.1, 0.15) is 23.2 Å². The topological polar surface area (TPSA) is 58.4 Å². The Kier molecular flexibility index (Phi) is 4.09. The molecule has 98 valence electrons. The molecule has 18 heavy (non-hydrogen) atoms. The predicted octanol–water partition coefficient (Wildman–Crippen LogP) is 1.63. The molecular weight excluding hydrogens is 250 g/mol. The van der Waals surface area contributed by atoms with E-state index in [0.29, 0.717) is 16.6 Å². The van der Waals surface area contributed by atoms with Crippen molar-refractivity contribution in [3.05, 3.63) is 28.8 Å². The molecule has 1 aliphatic heterocycles. The van der Waals surface area contributed by atoms with Crippen LogP contribution in [0.3, 0.4) is 0 Å². The van der Waals surface area contributed by atoms with E-state index in [1.165, 1.54) is 6.42 Å². The number of primary amides is 1. The number of carbonyl (C=O) groups is 1. The van der Waals surface area contributed by atoms with Crippen molar-refractivity contribution >= 4 is 23.2 Å². The minimum absolute atomic E-state index is 0.449. The number of halogens is 1. The van der Waals surface area contributed by atoms with Gasteiger partial charge in [0.05, 0.1) is 10.7 Å². The molecule has 1 aromatic rings. The van der Waals surface area contributed by atoms with Crippen LogP contribution in [0.5, 0.6) is 0 Å². The Morgan fingerprint density at radius 1 is 1.56 bits per heavy atom. The number of amides is 1. The van der Waals surface area contributed by atoms with Crippen molar-refractivity contribution in [1.29, 1.82) is 0 Å². The van der Waals surface area contributed by atoms with Gasteiger partial charge in [-0.25, -0.2) is 0 Å². The summed E-state index contributed by atoms with van der Waals surface area (Å²) in [5, 5.41) is 3.88. The Morgan fingerprint density at radius 2 is 2.33 bits per heavy atom. The summed E-state index contributed by atoms with van der Waals surface area (Å²) in [5.74, 6) is -0.449. The third-order valence-corrected chi connectivity index (χ3v) is 3.71. The molecule has 5 heteroatoms. The van der Waals surface area contributed by atoms with Crippen molar-refractivity contribution in [2.24, 2.45) is 5.73 Å². The van der Waals surface area contributed by atoms with Gasteiger partial charge in [-0.15, -0.1) is 0 Å². The Morgan fingerprint density at radius 3 is 2.94 bits per heavy atom. The lowest BCUT2D eigenvalue weighted by Crippen LogP contribution is -2.44. The molecule has 1 fully saturated rings. The second-order valence-electron chi connectivity index (χ2n) is 4.60. The maximum atomic E-state index is 11.1. The van der Waals surface area contributed by atoms with Gasteiger partial charge in [0.2, 0.25) is 5.91 Å². The van der Waals surface area contributed by atoms with Crippen molar-refractivity contribution in [2.45, 2.75) is 18.9 Å². The van der Waals surface area contributed by atoms with Gasteiger partial charge in [-0.2, -0.15) is 0 Å². The molecule has 1 amide bonds. The second kappa shape index (κ2) is 5.59. The van der Waals surface area contributed by atoms with Gasteiger partial charge in [0.15, 0.2) is 0 Å². The molecule has 1 aromatic carbocycles. The van der Waals surface area contributed by atoms with Gasteiger partial charge in [0.1, 0.15) is 0 Å². The van der Waals surface area contributed by atoms with Crippen LogP contribution in [0.2, 0.25) is 5.02 Å². The Hall–Kier alpha value is -1.26. The van der Waals surface area contributed by atoms with Crippen LogP contribution >= 0.6 is 11.6 Å². The largest absolute Gasteiger partial charge is 0.369 e. The number of nitrogens with one attached hydrogen (secondary N) is 1. The molecule has 0 radical (unpaired) electrons. The van der Waals surface area contributed by atoms with Crippen LogP contribution in [-0.2, 0) is 0 Å². The summed E-state index contributed by atoms with van der Waals surface area (Å²) in [4.78, 5) is 13.3. The first-order valence-electron chi connectivity index (χ1n) is 6.13. The molecule has 1 saturated heterocycles. The zero-order valence-corrected chi connectivity index (χ0v) is 11.2. The molecule has 0 spiro atoms. The molecule has 0 bridgehead atoms. The van der Waals surface area contributed by atoms with E-state index in [0.717, 1.165) is 25.2 Å². The van der Waals surface area contributed by atoms with Crippen LogP contribution in [0.15, 0.2) is 18.2 Å². The summed E-state index contributed by atoms with van der Waals surface area (Å²) in [7, 11) is 1.98. The third kappa shape index (κ3) is 2.76. The Labute approximate surface area is 112 Å². The molecule has 1 atom stereocenters. The van der Waals surface area contributed by atoms with Crippen LogP contribution in [-0.4, -0.2) is 32.1 Å². The van der Waals surface area contributed by atoms with Crippen molar-refractivity contribution in [3.63, 3.8) is 0 Å². The number of anilines is 1. The molecule has 0 aromatic heterocycles. The minimum Gasteiger partial charge on any atom is -0.369 e. The van der Waals surface area contributed by atoms with Gasteiger partial charge in [0.25, 0.3) is 0 Å². The molecule has 0 aliphatic carbocycles. The highest BCUT2D eigenvalue weighted by molar-refractivity contribution is 6.33. The highest BCUT2D eigenvalue weighted by atomic mass is 35.5. The second-order valence-corrected chi connectivity index (χ2v) is 5.01. The van der Waals surface area contributed by atoms with E-state index in [1.807, 2.05) is 13.1 Å². The number of nitrogens with zero attached hydrogens (tertiary/aromatic N) is 1. The molecule has 1 aliphatic rings. The number of piperidine rings is 1. The molecule has 3 N–H and O–H groups in total. The van der Waals surface area contributed by atoms with E-state index in [-0.39, 0.29) is 0 Å². The number of nitrogens with two attached hydrogens (primary N) is 1. The first kappa shape index (κ1) is 13.2. The number of likely N-dealkylation sites (N-methyl/N-ethyl adjacent to an activating group) is 1. The molecule has 2 rings (SSSR count). The summed E-state index contributed by atoms with van der Waals surface area (Å²) in [6.45, 7) is 1.93. The number of hydrogen-bond donors (Lipinski definition) is 2. The third-order valence-electron chi connectivity index (χ3n) is 3.40. The van der Waals surface area contributed by atoms with E-state index in [9.17, 15) is 4.79 Å². The van der Waals surface area contributed by atoms with E-state index in [2.05, 4.69) is 10.2 Å². The van der Waals surface area contributed by atoms with Crippen LogP contribution in [0.4, 0.5) is 5.69 Å². The standard InChI is InChI=1S/C13H18ClN3O/c1-16-10-3-2-6-17(8-10)12-5-4-9(13(15)18)7-11(12)14/h4-5,7,10,16H,2-3,6,8H2,1H3,(H2,15,18). The fourth-order valence-corrected chi connectivity index (χ4v) is 2.65. The highest BCUT2D eigenvalue weighted by Gasteiger charge is 2.20. The van der Waals surface area contributed by atoms with Gasteiger partial charge in [-0.3, -0.25) is 4.79 Å². The molecular formula is C13H18ClN3O. The number of carbonyl (C=O) groups excluding carboxylic acids is 1. The lowest BCUT2D eigenvalue weighted by molar-refractivity contribution is 0.100. The van der Waals surface area contributed by atoms with E-state index >= 15 is 0 Å².